The molecule has 0 spiro atoms. The zero-order chi connectivity index (χ0) is 16.4. The number of carbonyl (C=O) groups is 1. The summed E-state index contributed by atoms with van der Waals surface area (Å²) in [6.07, 6.45) is 2.05. The van der Waals surface area contributed by atoms with Crippen molar-refractivity contribution in [1.82, 2.24) is 9.88 Å². The lowest BCUT2D eigenvalue weighted by atomic mass is 9.94. The van der Waals surface area contributed by atoms with Crippen LogP contribution in [-0.2, 0) is 4.79 Å². The number of hydrogen-bond donors (Lipinski definition) is 1. The lowest BCUT2D eigenvalue weighted by Gasteiger charge is -2.33. The van der Waals surface area contributed by atoms with E-state index in [-0.39, 0.29) is 12.0 Å². The molecule has 23 heavy (non-hydrogen) atoms. The largest absolute Gasteiger partial charge is 0.440 e. The second-order valence-corrected chi connectivity index (χ2v) is 6.23. The predicted molar refractivity (Wildman–Crippen MR) is 86.8 cm³/mol. The molecule has 1 amide bonds. The van der Waals surface area contributed by atoms with Gasteiger partial charge in [-0.1, -0.05) is 30.3 Å². The molecule has 122 valence electrons. The Morgan fingerprint density at radius 3 is 2.74 bits per heavy atom. The Balaban J connectivity index is 1.94. The Labute approximate surface area is 135 Å². The molecular weight excluding hydrogens is 292 g/mol. The second kappa shape index (κ2) is 6.54. The molecule has 1 saturated heterocycles. The van der Waals surface area contributed by atoms with Gasteiger partial charge in [-0.15, -0.1) is 0 Å². The van der Waals surface area contributed by atoms with Crippen LogP contribution in [0.25, 0.3) is 11.3 Å². The number of oxazole rings is 1. The summed E-state index contributed by atoms with van der Waals surface area (Å²) in [4.78, 5) is 17.5. The Hall–Kier alpha value is -2.14. The van der Waals surface area contributed by atoms with Crippen molar-refractivity contribution >= 4 is 6.41 Å². The summed E-state index contributed by atoms with van der Waals surface area (Å²) in [5.41, 5.74) is 1.46. The molecule has 2 heterocycles. The molecule has 2 unspecified atom stereocenters. The van der Waals surface area contributed by atoms with Crippen molar-refractivity contribution in [2.75, 3.05) is 6.54 Å². The van der Waals surface area contributed by atoms with Crippen LogP contribution in [-0.4, -0.2) is 34.0 Å². The normalized spacial score (nSPS) is 22.8. The van der Waals surface area contributed by atoms with E-state index in [1.807, 2.05) is 30.3 Å². The van der Waals surface area contributed by atoms with Gasteiger partial charge in [0.15, 0.2) is 11.7 Å². The Kier molecular flexibility index (Phi) is 4.48. The van der Waals surface area contributed by atoms with Crippen molar-refractivity contribution in [2.24, 2.45) is 0 Å². The van der Waals surface area contributed by atoms with E-state index in [1.54, 1.807) is 11.8 Å². The smallest absolute Gasteiger partial charge is 0.209 e. The molecule has 1 N–H and O–H groups in total. The first-order chi connectivity index (χ1) is 11.1. The van der Waals surface area contributed by atoms with Gasteiger partial charge in [0.1, 0.15) is 5.69 Å². The third-order valence-corrected chi connectivity index (χ3v) is 4.52. The summed E-state index contributed by atoms with van der Waals surface area (Å²) < 4.78 is 6.02. The summed E-state index contributed by atoms with van der Waals surface area (Å²) in [5.74, 6) is 1.30. The van der Waals surface area contributed by atoms with Gasteiger partial charge in [0, 0.05) is 18.2 Å². The molecule has 0 aliphatic carbocycles. The number of piperidine rings is 1. The summed E-state index contributed by atoms with van der Waals surface area (Å²) in [6, 6.07) is 9.93. The number of hydrogen-bond acceptors (Lipinski definition) is 4. The van der Waals surface area contributed by atoms with Gasteiger partial charge in [0.2, 0.25) is 6.41 Å². The Bertz CT molecular complexity index is 666. The fraction of sp³-hybridized carbons (Fsp3) is 0.444. The average Bonchev–Trinajstić information content (AvgIpc) is 3.02. The molecule has 0 bridgehead atoms. The highest BCUT2D eigenvalue weighted by Crippen LogP contribution is 2.35. The summed E-state index contributed by atoms with van der Waals surface area (Å²) >= 11 is 0. The number of aromatic nitrogens is 1. The standard InChI is InChI=1S/C18H22N2O3/c1-12-8-9-15(10-20(12)11-21)18-19-16(13(2)22)17(23-18)14-6-4-3-5-7-14/h3-7,11-13,15,22H,8-10H2,1-2H3/t12-,13?,15?/m1/s1. The zero-order valence-electron chi connectivity index (χ0n) is 13.5. The topological polar surface area (TPSA) is 66.6 Å². The molecule has 1 aliphatic heterocycles. The predicted octanol–water partition coefficient (Wildman–Crippen LogP) is 3.12. The van der Waals surface area contributed by atoms with Crippen molar-refractivity contribution in [2.45, 2.75) is 44.8 Å². The van der Waals surface area contributed by atoms with E-state index in [1.165, 1.54) is 0 Å². The van der Waals surface area contributed by atoms with Crippen LogP contribution in [0.1, 0.15) is 50.3 Å². The molecule has 5 nitrogen and oxygen atoms in total. The van der Waals surface area contributed by atoms with Crippen molar-refractivity contribution in [3.05, 3.63) is 41.9 Å². The maximum atomic E-state index is 11.2. The second-order valence-electron chi connectivity index (χ2n) is 6.23. The third-order valence-electron chi connectivity index (χ3n) is 4.52. The van der Waals surface area contributed by atoms with Crippen LogP contribution >= 0.6 is 0 Å². The molecule has 2 aromatic rings. The van der Waals surface area contributed by atoms with Crippen LogP contribution in [0.3, 0.4) is 0 Å². The quantitative estimate of drug-likeness (QED) is 0.881. The first-order valence-corrected chi connectivity index (χ1v) is 8.05. The van der Waals surface area contributed by atoms with E-state index in [4.69, 9.17) is 4.42 Å². The fourth-order valence-electron chi connectivity index (χ4n) is 3.09. The minimum Gasteiger partial charge on any atom is -0.440 e. The first-order valence-electron chi connectivity index (χ1n) is 8.05. The lowest BCUT2D eigenvalue weighted by molar-refractivity contribution is -0.121. The molecule has 3 rings (SSSR count). The van der Waals surface area contributed by atoms with Gasteiger partial charge in [-0.2, -0.15) is 0 Å². The number of carbonyl (C=O) groups excluding carboxylic acids is 1. The van der Waals surface area contributed by atoms with E-state index in [0.29, 0.717) is 23.9 Å². The van der Waals surface area contributed by atoms with Crippen LogP contribution in [0.4, 0.5) is 0 Å². The van der Waals surface area contributed by atoms with E-state index < -0.39 is 6.10 Å². The Morgan fingerprint density at radius 2 is 2.09 bits per heavy atom. The summed E-state index contributed by atoms with van der Waals surface area (Å²) in [5, 5.41) is 10.0. The Morgan fingerprint density at radius 1 is 1.35 bits per heavy atom. The van der Waals surface area contributed by atoms with Crippen LogP contribution in [0.2, 0.25) is 0 Å². The van der Waals surface area contributed by atoms with Crippen molar-refractivity contribution in [1.29, 1.82) is 0 Å². The molecule has 0 radical (unpaired) electrons. The van der Waals surface area contributed by atoms with E-state index in [2.05, 4.69) is 11.9 Å². The molecule has 0 saturated carbocycles. The van der Waals surface area contributed by atoms with Gasteiger partial charge in [0.05, 0.1) is 12.0 Å². The lowest BCUT2D eigenvalue weighted by Crippen LogP contribution is -2.39. The fourth-order valence-corrected chi connectivity index (χ4v) is 3.09. The molecule has 5 heteroatoms. The minimum absolute atomic E-state index is 0.0753. The maximum Gasteiger partial charge on any atom is 0.209 e. The van der Waals surface area contributed by atoms with Crippen molar-refractivity contribution in [3.63, 3.8) is 0 Å². The third kappa shape index (κ3) is 3.15. The zero-order valence-corrected chi connectivity index (χ0v) is 13.5. The number of amides is 1. The van der Waals surface area contributed by atoms with Gasteiger partial charge in [-0.25, -0.2) is 4.98 Å². The monoisotopic (exact) mass is 314 g/mol. The molecule has 3 atom stereocenters. The summed E-state index contributed by atoms with van der Waals surface area (Å²) in [7, 11) is 0. The average molecular weight is 314 g/mol. The number of aliphatic hydroxyl groups is 1. The van der Waals surface area contributed by atoms with Crippen LogP contribution in [0, 0.1) is 0 Å². The van der Waals surface area contributed by atoms with Crippen molar-refractivity contribution < 1.29 is 14.3 Å². The van der Waals surface area contributed by atoms with Gasteiger partial charge < -0.3 is 14.4 Å². The molecule has 1 aliphatic rings. The van der Waals surface area contributed by atoms with E-state index in [0.717, 1.165) is 24.8 Å². The van der Waals surface area contributed by atoms with E-state index in [9.17, 15) is 9.90 Å². The summed E-state index contributed by atoms with van der Waals surface area (Å²) in [6.45, 7) is 4.35. The highest BCUT2D eigenvalue weighted by atomic mass is 16.4. The van der Waals surface area contributed by atoms with Crippen molar-refractivity contribution in [3.8, 4) is 11.3 Å². The molecule has 1 aromatic heterocycles. The van der Waals surface area contributed by atoms with Gasteiger partial charge in [-0.05, 0) is 26.7 Å². The first kappa shape index (κ1) is 15.7. The van der Waals surface area contributed by atoms with Crippen LogP contribution in [0.15, 0.2) is 34.7 Å². The maximum absolute atomic E-state index is 11.2. The highest BCUT2D eigenvalue weighted by Gasteiger charge is 2.30. The SMILES string of the molecule is CC(O)c1nc(C2CC[C@@H](C)N(C=O)C2)oc1-c1ccccc1. The minimum atomic E-state index is -0.701. The number of aliphatic hydroxyl groups excluding tert-OH is 1. The number of benzene rings is 1. The number of likely N-dealkylation sites (tertiary alicyclic amines) is 1. The van der Waals surface area contributed by atoms with Gasteiger partial charge in [-0.3, -0.25) is 4.79 Å². The van der Waals surface area contributed by atoms with Gasteiger partial charge >= 0.3 is 0 Å². The molecule has 1 fully saturated rings. The van der Waals surface area contributed by atoms with Gasteiger partial charge in [0.25, 0.3) is 0 Å². The van der Waals surface area contributed by atoms with Crippen LogP contribution < -0.4 is 0 Å². The van der Waals surface area contributed by atoms with E-state index >= 15 is 0 Å². The molecular formula is C18H22N2O3. The van der Waals surface area contributed by atoms with Crippen LogP contribution in [0.5, 0.6) is 0 Å². The molecule has 1 aromatic carbocycles. The number of rotatable bonds is 4. The number of nitrogens with zero attached hydrogens (tertiary/aromatic N) is 2. The highest BCUT2D eigenvalue weighted by molar-refractivity contribution is 5.60.